The van der Waals surface area contributed by atoms with Crippen LogP contribution >= 0.6 is 0 Å². The van der Waals surface area contributed by atoms with Gasteiger partial charge in [-0.2, -0.15) is 5.10 Å². The summed E-state index contributed by atoms with van der Waals surface area (Å²) in [5.41, 5.74) is 0.976. The van der Waals surface area contributed by atoms with Gasteiger partial charge < -0.3 is 14.9 Å². The van der Waals surface area contributed by atoms with Gasteiger partial charge in [0.2, 0.25) is 0 Å². The van der Waals surface area contributed by atoms with Crippen molar-refractivity contribution < 1.29 is 14.3 Å². The Morgan fingerprint density at radius 3 is 2.81 bits per heavy atom. The van der Waals surface area contributed by atoms with Gasteiger partial charge in [-0.3, -0.25) is 9.48 Å². The summed E-state index contributed by atoms with van der Waals surface area (Å²) in [7, 11) is 0. The van der Waals surface area contributed by atoms with E-state index in [1.54, 1.807) is 17.2 Å². The number of aliphatic hydroxyl groups is 1. The number of hydrogen-bond acceptors (Lipinski definition) is 4. The standard InChI is InChI=1S/C19H27FN4O2/c1-3-23(19(26)14(2)25)11-10-22-8-6-17(7-9-22)24-18-5-4-16(20)12-15(18)13-21-24/h4-5,12-14,17,25H,3,6-11H2,1-2H3/t14-/m1/s1. The maximum absolute atomic E-state index is 13.3. The zero-order valence-corrected chi connectivity index (χ0v) is 15.4. The summed E-state index contributed by atoms with van der Waals surface area (Å²) in [5, 5.41) is 14.8. The maximum Gasteiger partial charge on any atom is 0.251 e. The van der Waals surface area contributed by atoms with Crippen molar-refractivity contribution in [3.8, 4) is 0 Å². The summed E-state index contributed by atoms with van der Waals surface area (Å²) in [6.45, 7) is 7.37. The zero-order chi connectivity index (χ0) is 18.7. The van der Waals surface area contributed by atoms with E-state index in [4.69, 9.17) is 0 Å². The van der Waals surface area contributed by atoms with E-state index in [-0.39, 0.29) is 11.7 Å². The molecule has 0 unspecified atom stereocenters. The molecule has 1 aliphatic heterocycles. The molecule has 1 aromatic heterocycles. The molecule has 1 saturated heterocycles. The van der Waals surface area contributed by atoms with Crippen LogP contribution in [0.5, 0.6) is 0 Å². The second-order valence-corrected chi connectivity index (χ2v) is 6.96. The first-order valence-electron chi connectivity index (χ1n) is 9.31. The van der Waals surface area contributed by atoms with Crippen LogP contribution in [0.1, 0.15) is 32.7 Å². The van der Waals surface area contributed by atoms with Crippen molar-refractivity contribution in [3.63, 3.8) is 0 Å². The fourth-order valence-electron chi connectivity index (χ4n) is 3.65. The lowest BCUT2D eigenvalue weighted by Gasteiger charge is -2.34. The van der Waals surface area contributed by atoms with E-state index in [0.717, 1.165) is 43.4 Å². The van der Waals surface area contributed by atoms with Gasteiger partial charge in [-0.05, 0) is 44.9 Å². The highest BCUT2D eigenvalue weighted by Gasteiger charge is 2.23. The van der Waals surface area contributed by atoms with Gasteiger partial charge in [0.1, 0.15) is 11.9 Å². The third-order valence-corrected chi connectivity index (χ3v) is 5.20. The number of carbonyl (C=O) groups is 1. The summed E-state index contributed by atoms with van der Waals surface area (Å²) in [6, 6.07) is 5.11. The van der Waals surface area contributed by atoms with Gasteiger partial charge >= 0.3 is 0 Å². The van der Waals surface area contributed by atoms with Crippen LogP contribution in [0.15, 0.2) is 24.4 Å². The van der Waals surface area contributed by atoms with E-state index in [1.165, 1.54) is 19.1 Å². The van der Waals surface area contributed by atoms with Crippen molar-refractivity contribution in [1.82, 2.24) is 19.6 Å². The smallest absolute Gasteiger partial charge is 0.251 e. The fraction of sp³-hybridized carbons (Fsp3) is 0.579. The number of benzene rings is 1. The molecule has 142 valence electrons. The largest absolute Gasteiger partial charge is 0.384 e. The van der Waals surface area contributed by atoms with Crippen LogP contribution < -0.4 is 0 Å². The van der Waals surface area contributed by atoms with Crippen molar-refractivity contribution in [3.05, 3.63) is 30.2 Å². The summed E-state index contributed by atoms with van der Waals surface area (Å²) in [5.74, 6) is -0.447. The molecule has 0 aliphatic carbocycles. The predicted octanol–water partition coefficient (Wildman–Crippen LogP) is 2.04. The number of halogens is 1. The molecule has 2 aromatic rings. The normalized spacial score (nSPS) is 17.5. The molecule has 1 aromatic carbocycles. The lowest BCUT2D eigenvalue weighted by molar-refractivity contribution is -0.139. The number of hydrogen-bond donors (Lipinski definition) is 1. The Morgan fingerprint density at radius 1 is 1.42 bits per heavy atom. The quantitative estimate of drug-likeness (QED) is 0.854. The highest BCUT2D eigenvalue weighted by atomic mass is 19.1. The van der Waals surface area contributed by atoms with Crippen LogP contribution in [-0.2, 0) is 4.79 Å². The molecule has 2 heterocycles. The number of likely N-dealkylation sites (N-methyl/N-ethyl adjacent to an activating group) is 1. The Balaban J connectivity index is 1.55. The Kier molecular flexibility index (Phi) is 5.88. The van der Waals surface area contributed by atoms with Gasteiger partial charge in [0.15, 0.2) is 0 Å². The van der Waals surface area contributed by atoms with E-state index < -0.39 is 6.10 Å². The molecule has 1 N–H and O–H groups in total. The van der Waals surface area contributed by atoms with Crippen molar-refractivity contribution in [2.75, 3.05) is 32.7 Å². The van der Waals surface area contributed by atoms with E-state index >= 15 is 0 Å². The number of nitrogens with zero attached hydrogens (tertiary/aromatic N) is 4. The molecule has 0 bridgehead atoms. The van der Waals surface area contributed by atoms with E-state index in [0.29, 0.717) is 19.1 Å². The van der Waals surface area contributed by atoms with E-state index in [2.05, 4.69) is 10.00 Å². The highest BCUT2D eigenvalue weighted by molar-refractivity contribution is 5.80. The summed E-state index contributed by atoms with van der Waals surface area (Å²) in [6.07, 6.45) is 2.74. The Bertz CT molecular complexity index is 753. The SMILES string of the molecule is CCN(CCN1CCC(n2ncc3cc(F)ccc32)CC1)C(=O)[C@@H](C)O. The molecule has 26 heavy (non-hydrogen) atoms. The first kappa shape index (κ1) is 18.8. The minimum Gasteiger partial charge on any atom is -0.384 e. The van der Waals surface area contributed by atoms with Crippen LogP contribution in [0.3, 0.4) is 0 Å². The molecule has 1 fully saturated rings. The fourth-order valence-corrected chi connectivity index (χ4v) is 3.65. The zero-order valence-electron chi connectivity index (χ0n) is 15.4. The Hall–Kier alpha value is -1.99. The minimum absolute atomic E-state index is 0.211. The predicted molar refractivity (Wildman–Crippen MR) is 98.3 cm³/mol. The minimum atomic E-state index is -0.946. The van der Waals surface area contributed by atoms with Crippen molar-refractivity contribution in [2.24, 2.45) is 0 Å². The first-order chi connectivity index (χ1) is 12.5. The average molecular weight is 362 g/mol. The van der Waals surface area contributed by atoms with E-state index in [9.17, 15) is 14.3 Å². The molecule has 1 atom stereocenters. The summed E-state index contributed by atoms with van der Waals surface area (Å²) < 4.78 is 15.4. The van der Waals surface area contributed by atoms with Gasteiger partial charge in [-0.25, -0.2) is 4.39 Å². The molecule has 0 saturated carbocycles. The second-order valence-electron chi connectivity index (χ2n) is 6.96. The van der Waals surface area contributed by atoms with Gasteiger partial charge in [0.05, 0.1) is 17.8 Å². The van der Waals surface area contributed by atoms with E-state index in [1.807, 2.05) is 11.6 Å². The molecular formula is C19H27FN4O2. The Labute approximate surface area is 153 Å². The topological polar surface area (TPSA) is 61.6 Å². The number of aromatic nitrogens is 2. The van der Waals surface area contributed by atoms with Gasteiger partial charge in [-0.1, -0.05) is 0 Å². The number of fused-ring (bicyclic) bond motifs is 1. The van der Waals surface area contributed by atoms with Crippen molar-refractivity contribution in [2.45, 2.75) is 38.8 Å². The molecule has 6 nitrogen and oxygen atoms in total. The number of carbonyl (C=O) groups excluding carboxylic acids is 1. The van der Waals surface area contributed by atoms with Crippen LogP contribution in [0.25, 0.3) is 10.9 Å². The number of aliphatic hydroxyl groups excluding tert-OH is 1. The highest BCUT2D eigenvalue weighted by Crippen LogP contribution is 2.26. The Morgan fingerprint density at radius 2 is 2.15 bits per heavy atom. The average Bonchev–Trinajstić information content (AvgIpc) is 3.05. The number of amides is 1. The third kappa shape index (κ3) is 4.04. The van der Waals surface area contributed by atoms with Crippen LogP contribution in [0, 0.1) is 5.82 Å². The number of likely N-dealkylation sites (tertiary alicyclic amines) is 1. The first-order valence-corrected chi connectivity index (χ1v) is 9.31. The molecule has 7 heteroatoms. The van der Waals surface area contributed by atoms with Gasteiger partial charge in [0, 0.05) is 38.1 Å². The van der Waals surface area contributed by atoms with Gasteiger partial charge in [-0.15, -0.1) is 0 Å². The van der Waals surface area contributed by atoms with Crippen LogP contribution in [-0.4, -0.2) is 69.4 Å². The molecule has 0 spiro atoms. The summed E-state index contributed by atoms with van der Waals surface area (Å²) >= 11 is 0. The summed E-state index contributed by atoms with van der Waals surface area (Å²) in [4.78, 5) is 16.0. The lowest BCUT2D eigenvalue weighted by atomic mass is 10.0. The third-order valence-electron chi connectivity index (χ3n) is 5.20. The molecule has 1 amide bonds. The number of rotatable bonds is 6. The lowest BCUT2D eigenvalue weighted by Crippen LogP contribution is -2.44. The molecule has 3 rings (SSSR count). The molecular weight excluding hydrogens is 335 g/mol. The van der Waals surface area contributed by atoms with Crippen molar-refractivity contribution >= 4 is 16.8 Å². The van der Waals surface area contributed by atoms with Crippen LogP contribution in [0.4, 0.5) is 4.39 Å². The van der Waals surface area contributed by atoms with Crippen molar-refractivity contribution in [1.29, 1.82) is 0 Å². The van der Waals surface area contributed by atoms with Gasteiger partial charge in [0.25, 0.3) is 5.91 Å². The second kappa shape index (κ2) is 8.14. The molecule has 1 aliphatic rings. The number of piperidine rings is 1. The maximum atomic E-state index is 13.3. The monoisotopic (exact) mass is 362 g/mol. The van der Waals surface area contributed by atoms with Crippen LogP contribution in [0.2, 0.25) is 0 Å². The molecule has 0 radical (unpaired) electrons.